The van der Waals surface area contributed by atoms with Crippen molar-refractivity contribution in [1.82, 2.24) is 10.2 Å². The van der Waals surface area contributed by atoms with Crippen LogP contribution in [0.15, 0.2) is 18.2 Å². The lowest BCUT2D eigenvalue weighted by molar-refractivity contribution is -0.115. The highest BCUT2D eigenvalue weighted by molar-refractivity contribution is 5.92. The first-order chi connectivity index (χ1) is 9.51. The molecule has 0 spiro atoms. The quantitative estimate of drug-likeness (QED) is 0.899. The number of ether oxygens (including phenoxy) is 1. The number of amides is 1. The SMILES string of the molecule is COc1ccc(C)cc1CC(=O)Nc1n[nH]c(C)c1C. The number of hydrogen-bond donors (Lipinski definition) is 2. The summed E-state index contributed by atoms with van der Waals surface area (Å²) < 4.78 is 5.28. The maximum absolute atomic E-state index is 12.1. The molecule has 2 rings (SSSR count). The highest BCUT2D eigenvalue weighted by atomic mass is 16.5. The molecular weight excluding hydrogens is 254 g/mol. The van der Waals surface area contributed by atoms with Crippen LogP contribution in [0.25, 0.3) is 0 Å². The van der Waals surface area contributed by atoms with Crippen LogP contribution in [0.5, 0.6) is 5.75 Å². The molecule has 0 unspecified atom stereocenters. The van der Waals surface area contributed by atoms with Crippen molar-refractivity contribution in [2.75, 3.05) is 12.4 Å². The first-order valence-corrected chi connectivity index (χ1v) is 6.46. The van der Waals surface area contributed by atoms with E-state index in [1.807, 2.05) is 39.0 Å². The Morgan fingerprint density at radius 1 is 1.35 bits per heavy atom. The molecule has 2 aromatic rings. The third kappa shape index (κ3) is 2.99. The average molecular weight is 273 g/mol. The summed E-state index contributed by atoms with van der Waals surface area (Å²) in [5, 5.41) is 9.73. The monoisotopic (exact) mass is 273 g/mol. The van der Waals surface area contributed by atoms with E-state index in [-0.39, 0.29) is 12.3 Å². The third-order valence-corrected chi connectivity index (χ3v) is 3.30. The molecule has 20 heavy (non-hydrogen) atoms. The molecule has 1 amide bonds. The van der Waals surface area contributed by atoms with E-state index in [1.54, 1.807) is 7.11 Å². The molecular formula is C15H19N3O2. The minimum atomic E-state index is -0.108. The van der Waals surface area contributed by atoms with Crippen molar-refractivity contribution in [3.8, 4) is 5.75 Å². The number of benzene rings is 1. The van der Waals surface area contributed by atoms with Crippen molar-refractivity contribution in [2.45, 2.75) is 27.2 Å². The zero-order valence-corrected chi connectivity index (χ0v) is 12.2. The predicted molar refractivity (Wildman–Crippen MR) is 78.1 cm³/mol. The van der Waals surface area contributed by atoms with Crippen LogP contribution in [-0.4, -0.2) is 23.2 Å². The summed E-state index contributed by atoms with van der Waals surface area (Å²) in [7, 11) is 1.60. The van der Waals surface area contributed by atoms with Crippen LogP contribution in [0, 0.1) is 20.8 Å². The summed E-state index contributed by atoms with van der Waals surface area (Å²) in [5.41, 5.74) is 3.87. The Morgan fingerprint density at radius 3 is 2.70 bits per heavy atom. The molecule has 0 aliphatic carbocycles. The second kappa shape index (κ2) is 5.77. The second-order valence-corrected chi connectivity index (χ2v) is 4.86. The molecule has 0 atom stereocenters. The summed E-state index contributed by atoms with van der Waals surface area (Å²) >= 11 is 0. The largest absolute Gasteiger partial charge is 0.496 e. The Hall–Kier alpha value is -2.30. The maximum atomic E-state index is 12.1. The van der Waals surface area contributed by atoms with E-state index in [0.717, 1.165) is 28.1 Å². The number of nitrogens with one attached hydrogen (secondary N) is 2. The number of aromatic nitrogens is 2. The number of aromatic amines is 1. The van der Waals surface area contributed by atoms with Gasteiger partial charge in [0, 0.05) is 16.8 Å². The molecule has 2 N–H and O–H groups in total. The van der Waals surface area contributed by atoms with Crippen LogP contribution in [0.3, 0.4) is 0 Å². The van der Waals surface area contributed by atoms with Crippen molar-refractivity contribution in [2.24, 2.45) is 0 Å². The standard InChI is InChI=1S/C15H19N3O2/c1-9-5-6-13(20-4)12(7-9)8-14(19)16-15-10(2)11(3)17-18-15/h5-7H,8H2,1-4H3,(H2,16,17,18,19). The number of anilines is 1. The van der Waals surface area contributed by atoms with E-state index in [0.29, 0.717) is 5.82 Å². The molecule has 0 aliphatic heterocycles. The molecule has 1 heterocycles. The average Bonchev–Trinajstić information content (AvgIpc) is 2.71. The minimum Gasteiger partial charge on any atom is -0.496 e. The summed E-state index contributed by atoms with van der Waals surface area (Å²) in [6.07, 6.45) is 0.260. The lowest BCUT2D eigenvalue weighted by Crippen LogP contribution is -2.16. The van der Waals surface area contributed by atoms with E-state index in [2.05, 4.69) is 15.5 Å². The maximum Gasteiger partial charge on any atom is 0.230 e. The van der Waals surface area contributed by atoms with Crippen molar-refractivity contribution in [3.63, 3.8) is 0 Å². The van der Waals surface area contributed by atoms with Gasteiger partial charge in [0.1, 0.15) is 5.75 Å². The van der Waals surface area contributed by atoms with Crippen LogP contribution < -0.4 is 10.1 Å². The zero-order chi connectivity index (χ0) is 14.7. The van der Waals surface area contributed by atoms with Crippen LogP contribution in [0.1, 0.15) is 22.4 Å². The first-order valence-electron chi connectivity index (χ1n) is 6.46. The van der Waals surface area contributed by atoms with Gasteiger partial charge in [0.25, 0.3) is 0 Å². The number of nitrogens with zero attached hydrogens (tertiary/aromatic N) is 1. The Labute approximate surface area is 118 Å². The lowest BCUT2D eigenvalue weighted by atomic mass is 10.1. The topological polar surface area (TPSA) is 67.0 Å². The molecule has 1 aromatic carbocycles. The Morgan fingerprint density at radius 2 is 2.10 bits per heavy atom. The van der Waals surface area contributed by atoms with Gasteiger partial charge in [-0.1, -0.05) is 17.7 Å². The normalized spacial score (nSPS) is 10.4. The predicted octanol–water partition coefficient (Wildman–Crippen LogP) is 2.52. The molecule has 0 saturated heterocycles. The van der Waals surface area contributed by atoms with Gasteiger partial charge < -0.3 is 10.1 Å². The number of carbonyl (C=O) groups excluding carboxylic acids is 1. The van der Waals surface area contributed by atoms with E-state index in [9.17, 15) is 4.79 Å². The molecule has 0 aliphatic rings. The van der Waals surface area contributed by atoms with Gasteiger partial charge in [0.05, 0.1) is 13.5 Å². The van der Waals surface area contributed by atoms with Crippen LogP contribution >= 0.6 is 0 Å². The van der Waals surface area contributed by atoms with Gasteiger partial charge in [0.2, 0.25) is 5.91 Å². The summed E-state index contributed by atoms with van der Waals surface area (Å²) in [6, 6.07) is 5.80. The van der Waals surface area contributed by atoms with Gasteiger partial charge in [-0.25, -0.2) is 0 Å². The molecule has 1 aromatic heterocycles. The van der Waals surface area contributed by atoms with Gasteiger partial charge in [-0.05, 0) is 26.8 Å². The van der Waals surface area contributed by atoms with E-state index in [1.165, 1.54) is 0 Å². The summed E-state index contributed by atoms with van der Waals surface area (Å²) in [5.74, 6) is 1.20. The highest BCUT2D eigenvalue weighted by Crippen LogP contribution is 2.21. The number of hydrogen-bond acceptors (Lipinski definition) is 3. The van der Waals surface area contributed by atoms with Gasteiger partial charge >= 0.3 is 0 Å². The number of rotatable bonds is 4. The smallest absolute Gasteiger partial charge is 0.230 e. The fourth-order valence-electron chi connectivity index (χ4n) is 2.00. The fourth-order valence-corrected chi connectivity index (χ4v) is 2.00. The molecule has 0 radical (unpaired) electrons. The fraction of sp³-hybridized carbons (Fsp3) is 0.333. The van der Waals surface area contributed by atoms with Crippen molar-refractivity contribution in [1.29, 1.82) is 0 Å². The van der Waals surface area contributed by atoms with Crippen molar-refractivity contribution >= 4 is 11.7 Å². The molecule has 106 valence electrons. The van der Waals surface area contributed by atoms with Gasteiger partial charge in [0.15, 0.2) is 5.82 Å². The van der Waals surface area contributed by atoms with Crippen LogP contribution in [0.4, 0.5) is 5.82 Å². The van der Waals surface area contributed by atoms with Crippen molar-refractivity contribution in [3.05, 3.63) is 40.6 Å². The molecule has 0 fully saturated rings. The molecule has 5 nitrogen and oxygen atoms in total. The van der Waals surface area contributed by atoms with E-state index in [4.69, 9.17) is 4.74 Å². The molecule has 5 heteroatoms. The Kier molecular flexibility index (Phi) is 4.08. The Bertz CT molecular complexity index is 632. The van der Waals surface area contributed by atoms with Gasteiger partial charge in [-0.3, -0.25) is 9.89 Å². The third-order valence-electron chi connectivity index (χ3n) is 3.30. The van der Waals surface area contributed by atoms with Gasteiger partial charge in [-0.15, -0.1) is 0 Å². The number of aryl methyl sites for hydroxylation is 2. The van der Waals surface area contributed by atoms with E-state index >= 15 is 0 Å². The minimum absolute atomic E-state index is 0.108. The lowest BCUT2D eigenvalue weighted by Gasteiger charge is -2.09. The second-order valence-electron chi connectivity index (χ2n) is 4.86. The molecule has 0 bridgehead atoms. The number of H-pyrrole nitrogens is 1. The van der Waals surface area contributed by atoms with Crippen molar-refractivity contribution < 1.29 is 9.53 Å². The van der Waals surface area contributed by atoms with Crippen LogP contribution in [0.2, 0.25) is 0 Å². The highest BCUT2D eigenvalue weighted by Gasteiger charge is 2.12. The summed E-state index contributed by atoms with van der Waals surface area (Å²) in [6.45, 7) is 5.82. The van der Waals surface area contributed by atoms with Gasteiger partial charge in [-0.2, -0.15) is 5.10 Å². The van der Waals surface area contributed by atoms with E-state index < -0.39 is 0 Å². The zero-order valence-electron chi connectivity index (χ0n) is 12.2. The summed E-state index contributed by atoms with van der Waals surface area (Å²) in [4.78, 5) is 12.1. The molecule has 0 saturated carbocycles. The first kappa shape index (κ1) is 14.1. The Balaban J connectivity index is 2.12. The number of carbonyl (C=O) groups is 1. The van der Waals surface area contributed by atoms with Crippen LogP contribution in [-0.2, 0) is 11.2 Å². The number of methoxy groups -OCH3 is 1.